The Labute approximate surface area is 126 Å². The van der Waals surface area contributed by atoms with E-state index >= 15 is 0 Å². The number of nitrogens with one attached hydrogen (secondary N) is 1. The molecule has 0 bridgehead atoms. The molecule has 0 fully saturated rings. The molecule has 0 radical (unpaired) electrons. The number of nitrogens with zero attached hydrogens (tertiary/aromatic N) is 1. The van der Waals surface area contributed by atoms with Gasteiger partial charge in [0.2, 0.25) is 0 Å². The van der Waals surface area contributed by atoms with Gasteiger partial charge in [0.05, 0.1) is 11.6 Å². The van der Waals surface area contributed by atoms with Gasteiger partial charge in [-0.25, -0.2) is 0 Å². The van der Waals surface area contributed by atoms with Crippen molar-refractivity contribution in [3.63, 3.8) is 0 Å². The molecule has 108 valence electrons. The number of hydrogen-bond donors (Lipinski definition) is 1. The molecule has 3 heteroatoms. The quantitative estimate of drug-likeness (QED) is 0.883. The third-order valence-electron chi connectivity index (χ3n) is 3.45. The Morgan fingerprint density at radius 1 is 1.05 bits per heavy atom. The lowest BCUT2D eigenvalue weighted by Crippen LogP contribution is -2.23. The minimum absolute atomic E-state index is 0.468. The van der Waals surface area contributed by atoms with Gasteiger partial charge in [-0.3, -0.25) is 0 Å². The van der Waals surface area contributed by atoms with Crippen LogP contribution in [0, 0.1) is 11.3 Å². The van der Waals surface area contributed by atoms with Crippen LogP contribution in [0.25, 0.3) is 0 Å². The number of benzene rings is 2. The lowest BCUT2D eigenvalue weighted by atomic mass is 10.1. The monoisotopic (exact) mass is 280 g/mol. The summed E-state index contributed by atoms with van der Waals surface area (Å²) >= 11 is 0. The third kappa shape index (κ3) is 4.62. The second-order valence-corrected chi connectivity index (χ2v) is 5.14. The fraction of sp³-hybridized carbons (Fsp3) is 0.278. The molecule has 0 spiro atoms. The fourth-order valence-electron chi connectivity index (χ4n) is 2.02. The average molecular weight is 280 g/mol. The van der Waals surface area contributed by atoms with Gasteiger partial charge in [0.15, 0.2) is 0 Å². The topological polar surface area (TPSA) is 45.0 Å². The molecule has 0 aliphatic carbocycles. The summed E-state index contributed by atoms with van der Waals surface area (Å²) in [5.74, 6) is 0.861. The molecule has 1 unspecified atom stereocenters. The van der Waals surface area contributed by atoms with Crippen molar-refractivity contribution >= 4 is 0 Å². The number of nitriles is 1. The largest absolute Gasteiger partial charge is 0.489 e. The maximum absolute atomic E-state index is 8.76. The van der Waals surface area contributed by atoms with Crippen molar-refractivity contribution < 1.29 is 4.74 Å². The molecule has 0 saturated carbocycles. The number of likely N-dealkylation sites (N-methyl/N-ethyl adjacent to an activating group) is 1. The number of hydrogen-bond acceptors (Lipinski definition) is 3. The van der Waals surface area contributed by atoms with Crippen LogP contribution in [-0.2, 0) is 13.0 Å². The molecule has 0 aliphatic heterocycles. The van der Waals surface area contributed by atoms with Crippen LogP contribution >= 0.6 is 0 Å². The zero-order chi connectivity index (χ0) is 15.1. The molecule has 1 N–H and O–H groups in total. The lowest BCUT2D eigenvalue weighted by molar-refractivity contribution is 0.306. The van der Waals surface area contributed by atoms with E-state index in [0.29, 0.717) is 18.2 Å². The highest BCUT2D eigenvalue weighted by Crippen LogP contribution is 2.15. The average Bonchev–Trinajstić information content (AvgIpc) is 2.54. The van der Waals surface area contributed by atoms with Crippen LogP contribution in [0.3, 0.4) is 0 Å². The van der Waals surface area contributed by atoms with Crippen LogP contribution in [-0.4, -0.2) is 13.1 Å². The Balaban J connectivity index is 1.89. The minimum Gasteiger partial charge on any atom is -0.489 e. The molecule has 0 heterocycles. The Morgan fingerprint density at radius 3 is 2.24 bits per heavy atom. The first-order chi connectivity index (χ1) is 10.2. The van der Waals surface area contributed by atoms with Crippen molar-refractivity contribution in [3.8, 4) is 11.8 Å². The van der Waals surface area contributed by atoms with Crippen LogP contribution in [0.15, 0.2) is 48.5 Å². The smallest absolute Gasteiger partial charge is 0.119 e. The van der Waals surface area contributed by atoms with Crippen molar-refractivity contribution in [1.29, 1.82) is 5.26 Å². The molecule has 21 heavy (non-hydrogen) atoms. The van der Waals surface area contributed by atoms with Gasteiger partial charge < -0.3 is 10.1 Å². The molecule has 2 aromatic carbocycles. The highest BCUT2D eigenvalue weighted by molar-refractivity contribution is 5.32. The summed E-state index contributed by atoms with van der Waals surface area (Å²) in [5.41, 5.74) is 3.02. The van der Waals surface area contributed by atoms with E-state index in [0.717, 1.165) is 17.7 Å². The summed E-state index contributed by atoms with van der Waals surface area (Å²) in [6.07, 6.45) is 1.01. The van der Waals surface area contributed by atoms with E-state index in [2.05, 4.69) is 30.4 Å². The normalized spacial score (nSPS) is 11.7. The van der Waals surface area contributed by atoms with Crippen molar-refractivity contribution in [2.45, 2.75) is 26.0 Å². The van der Waals surface area contributed by atoms with E-state index < -0.39 is 0 Å². The van der Waals surface area contributed by atoms with E-state index in [9.17, 15) is 0 Å². The summed E-state index contributed by atoms with van der Waals surface area (Å²) in [4.78, 5) is 0. The van der Waals surface area contributed by atoms with Gasteiger partial charge in [-0.1, -0.05) is 24.3 Å². The lowest BCUT2D eigenvalue weighted by Gasteiger charge is -2.11. The van der Waals surface area contributed by atoms with Crippen LogP contribution in [0.4, 0.5) is 0 Å². The summed E-state index contributed by atoms with van der Waals surface area (Å²) in [6.45, 7) is 2.67. The Morgan fingerprint density at radius 2 is 1.67 bits per heavy atom. The summed E-state index contributed by atoms with van der Waals surface area (Å²) < 4.78 is 5.75. The number of ether oxygens (including phenoxy) is 1. The maximum Gasteiger partial charge on any atom is 0.119 e. The standard InChI is InChI=1S/C18H20N2O/c1-14(20-2)11-15-7-9-18(10-8-15)21-13-17-5-3-16(12-19)4-6-17/h3-10,14,20H,11,13H2,1-2H3. The van der Waals surface area contributed by atoms with E-state index in [4.69, 9.17) is 10.00 Å². The van der Waals surface area contributed by atoms with Gasteiger partial charge in [0.1, 0.15) is 12.4 Å². The highest BCUT2D eigenvalue weighted by Gasteiger charge is 2.01. The van der Waals surface area contributed by atoms with Gasteiger partial charge in [-0.2, -0.15) is 5.26 Å². The zero-order valence-corrected chi connectivity index (χ0v) is 12.5. The van der Waals surface area contributed by atoms with E-state index in [1.165, 1.54) is 5.56 Å². The Hall–Kier alpha value is -2.31. The van der Waals surface area contributed by atoms with Crippen LogP contribution in [0.1, 0.15) is 23.6 Å². The van der Waals surface area contributed by atoms with Crippen molar-refractivity contribution in [3.05, 3.63) is 65.2 Å². The van der Waals surface area contributed by atoms with Gasteiger partial charge in [0.25, 0.3) is 0 Å². The zero-order valence-electron chi connectivity index (χ0n) is 12.5. The highest BCUT2D eigenvalue weighted by atomic mass is 16.5. The maximum atomic E-state index is 8.76. The summed E-state index contributed by atoms with van der Waals surface area (Å²) in [5, 5.41) is 12.0. The second-order valence-electron chi connectivity index (χ2n) is 5.14. The Bertz CT molecular complexity index is 597. The van der Waals surface area contributed by atoms with Gasteiger partial charge in [-0.15, -0.1) is 0 Å². The van der Waals surface area contributed by atoms with Crippen molar-refractivity contribution in [2.75, 3.05) is 7.05 Å². The third-order valence-corrected chi connectivity index (χ3v) is 3.45. The van der Waals surface area contributed by atoms with Crippen molar-refractivity contribution in [1.82, 2.24) is 5.32 Å². The van der Waals surface area contributed by atoms with E-state index in [1.54, 1.807) is 12.1 Å². The minimum atomic E-state index is 0.468. The van der Waals surface area contributed by atoms with E-state index in [-0.39, 0.29) is 0 Å². The van der Waals surface area contributed by atoms with Crippen LogP contribution < -0.4 is 10.1 Å². The first kappa shape index (κ1) is 15.1. The van der Waals surface area contributed by atoms with Crippen LogP contribution in [0.5, 0.6) is 5.75 Å². The van der Waals surface area contributed by atoms with Crippen molar-refractivity contribution in [2.24, 2.45) is 0 Å². The molecule has 0 aliphatic rings. The molecule has 1 atom stereocenters. The predicted molar refractivity (Wildman–Crippen MR) is 84.2 cm³/mol. The SMILES string of the molecule is CNC(C)Cc1ccc(OCc2ccc(C#N)cc2)cc1. The molecular weight excluding hydrogens is 260 g/mol. The summed E-state index contributed by atoms with van der Waals surface area (Å²) in [6, 6.07) is 18.2. The van der Waals surface area contributed by atoms with Crippen LogP contribution in [0.2, 0.25) is 0 Å². The van der Waals surface area contributed by atoms with E-state index in [1.807, 2.05) is 31.3 Å². The molecular formula is C18H20N2O. The first-order valence-corrected chi connectivity index (χ1v) is 7.09. The number of rotatable bonds is 6. The summed E-state index contributed by atoms with van der Waals surface area (Å²) in [7, 11) is 1.97. The fourth-order valence-corrected chi connectivity index (χ4v) is 2.02. The molecule has 2 rings (SSSR count). The second kappa shape index (κ2) is 7.47. The molecule has 0 saturated heterocycles. The van der Waals surface area contributed by atoms with Gasteiger partial charge >= 0.3 is 0 Å². The molecule has 3 nitrogen and oxygen atoms in total. The predicted octanol–water partition coefficient (Wildman–Crippen LogP) is 3.29. The van der Waals surface area contributed by atoms with Gasteiger partial charge in [0, 0.05) is 6.04 Å². The van der Waals surface area contributed by atoms with Gasteiger partial charge in [-0.05, 0) is 55.8 Å². The molecule has 0 aromatic heterocycles. The molecule has 2 aromatic rings. The molecule has 0 amide bonds. The Kier molecular flexibility index (Phi) is 5.36. The first-order valence-electron chi connectivity index (χ1n) is 7.09.